The first kappa shape index (κ1) is 9.09. The number of hydrogen-bond acceptors (Lipinski definition) is 3. The molecule has 0 amide bonds. The predicted molar refractivity (Wildman–Crippen MR) is 60.1 cm³/mol. The van der Waals surface area contributed by atoms with Crippen molar-refractivity contribution in [2.24, 2.45) is 0 Å². The molecular formula is C11H10N2S. The van der Waals surface area contributed by atoms with Crippen LogP contribution < -0.4 is 0 Å². The van der Waals surface area contributed by atoms with Crippen LogP contribution in [0.4, 0.5) is 0 Å². The van der Waals surface area contributed by atoms with Crippen molar-refractivity contribution in [3.63, 3.8) is 0 Å². The molecule has 3 heteroatoms. The molecule has 0 aromatic carbocycles. The zero-order valence-electron chi connectivity index (χ0n) is 7.84. The summed E-state index contributed by atoms with van der Waals surface area (Å²) in [6.45, 7) is 2.00. The Kier molecular flexibility index (Phi) is 2.70. The standard InChI is InChI=1S/C11H10N2S/c1-2-4-10-8-13-11(14-10)9-5-3-6-12-7-9/h2-8H,1H3/b4-2-. The monoisotopic (exact) mass is 202 g/mol. The van der Waals surface area contributed by atoms with Gasteiger partial charge in [0.05, 0.1) is 0 Å². The summed E-state index contributed by atoms with van der Waals surface area (Å²) < 4.78 is 0. The van der Waals surface area contributed by atoms with Gasteiger partial charge in [0, 0.05) is 29.0 Å². The zero-order chi connectivity index (χ0) is 9.80. The van der Waals surface area contributed by atoms with E-state index in [-0.39, 0.29) is 0 Å². The highest BCUT2D eigenvalue weighted by Crippen LogP contribution is 2.24. The topological polar surface area (TPSA) is 25.8 Å². The first-order valence-corrected chi connectivity index (χ1v) is 5.20. The smallest absolute Gasteiger partial charge is 0.125 e. The quantitative estimate of drug-likeness (QED) is 0.747. The van der Waals surface area contributed by atoms with Gasteiger partial charge in [-0.25, -0.2) is 4.98 Å². The summed E-state index contributed by atoms with van der Waals surface area (Å²) in [4.78, 5) is 9.57. The third kappa shape index (κ3) is 1.88. The summed E-state index contributed by atoms with van der Waals surface area (Å²) in [5.41, 5.74) is 1.08. The van der Waals surface area contributed by atoms with Crippen LogP contribution in [0.5, 0.6) is 0 Å². The molecule has 0 fully saturated rings. The minimum absolute atomic E-state index is 1.02. The van der Waals surface area contributed by atoms with Crippen LogP contribution in [0.2, 0.25) is 0 Å². The summed E-state index contributed by atoms with van der Waals surface area (Å²) in [7, 11) is 0. The van der Waals surface area contributed by atoms with E-state index < -0.39 is 0 Å². The minimum Gasteiger partial charge on any atom is -0.264 e. The molecule has 0 radical (unpaired) electrons. The van der Waals surface area contributed by atoms with Gasteiger partial charge in [-0.3, -0.25) is 4.98 Å². The van der Waals surface area contributed by atoms with Crippen LogP contribution in [-0.4, -0.2) is 9.97 Å². The highest BCUT2D eigenvalue weighted by atomic mass is 32.1. The van der Waals surface area contributed by atoms with Gasteiger partial charge in [-0.05, 0) is 25.1 Å². The Labute approximate surface area is 87.0 Å². The Morgan fingerprint density at radius 2 is 2.29 bits per heavy atom. The minimum atomic E-state index is 1.02. The molecule has 2 nitrogen and oxygen atoms in total. The van der Waals surface area contributed by atoms with E-state index in [4.69, 9.17) is 0 Å². The molecule has 0 aliphatic rings. The van der Waals surface area contributed by atoms with E-state index in [1.807, 2.05) is 37.5 Å². The number of nitrogens with zero attached hydrogens (tertiary/aromatic N) is 2. The van der Waals surface area contributed by atoms with Gasteiger partial charge in [-0.2, -0.15) is 0 Å². The van der Waals surface area contributed by atoms with Crippen molar-refractivity contribution in [3.8, 4) is 10.6 Å². The number of hydrogen-bond donors (Lipinski definition) is 0. The highest BCUT2D eigenvalue weighted by molar-refractivity contribution is 7.15. The highest BCUT2D eigenvalue weighted by Gasteiger charge is 2.01. The Balaban J connectivity index is 2.34. The van der Waals surface area contributed by atoms with Crippen LogP contribution in [0.25, 0.3) is 16.6 Å². The molecule has 0 N–H and O–H groups in total. The third-order valence-electron chi connectivity index (χ3n) is 1.76. The van der Waals surface area contributed by atoms with Gasteiger partial charge in [0.2, 0.25) is 0 Å². The summed E-state index contributed by atoms with van der Waals surface area (Å²) in [6.07, 6.45) is 9.55. The molecule has 0 spiro atoms. The van der Waals surface area contributed by atoms with Crippen LogP contribution in [-0.2, 0) is 0 Å². The Morgan fingerprint density at radius 1 is 1.36 bits per heavy atom. The lowest BCUT2D eigenvalue weighted by Gasteiger charge is -1.91. The van der Waals surface area contributed by atoms with Gasteiger partial charge < -0.3 is 0 Å². The van der Waals surface area contributed by atoms with Crippen molar-refractivity contribution in [2.75, 3.05) is 0 Å². The maximum atomic E-state index is 4.33. The van der Waals surface area contributed by atoms with Gasteiger partial charge in [-0.15, -0.1) is 11.3 Å². The summed E-state index contributed by atoms with van der Waals surface area (Å²) in [5, 5.41) is 1.02. The predicted octanol–water partition coefficient (Wildman–Crippen LogP) is 3.24. The molecule has 0 saturated carbocycles. The largest absolute Gasteiger partial charge is 0.264 e. The Hall–Kier alpha value is -1.48. The Bertz CT molecular complexity index is 432. The summed E-state index contributed by atoms with van der Waals surface area (Å²) in [6, 6.07) is 3.94. The second-order valence-electron chi connectivity index (χ2n) is 2.81. The van der Waals surface area contributed by atoms with Crippen molar-refractivity contribution >= 4 is 17.4 Å². The molecule has 70 valence electrons. The summed E-state index contributed by atoms with van der Waals surface area (Å²) >= 11 is 1.67. The van der Waals surface area contributed by atoms with E-state index in [0.717, 1.165) is 10.6 Å². The van der Waals surface area contributed by atoms with E-state index >= 15 is 0 Å². The van der Waals surface area contributed by atoms with Gasteiger partial charge in [0.15, 0.2) is 0 Å². The fraction of sp³-hybridized carbons (Fsp3) is 0.0909. The maximum Gasteiger partial charge on any atom is 0.125 e. The molecule has 0 unspecified atom stereocenters. The van der Waals surface area contributed by atoms with E-state index in [9.17, 15) is 0 Å². The number of aromatic nitrogens is 2. The molecule has 0 saturated heterocycles. The van der Waals surface area contributed by atoms with E-state index in [0.29, 0.717) is 0 Å². The van der Waals surface area contributed by atoms with Gasteiger partial charge in [0.1, 0.15) is 5.01 Å². The average Bonchev–Trinajstić information content (AvgIpc) is 2.68. The van der Waals surface area contributed by atoms with Crippen LogP contribution in [0.15, 0.2) is 36.8 Å². The van der Waals surface area contributed by atoms with Crippen LogP contribution in [0.1, 0.15) is 11.8 Å². The normalized spacial score (nSPS) is 10.9. The molecule has 2 rings (SSSR count). The summed E-state index contributed by atoms with van der Waals surface area (Å²) in [5.74, 6) is 0. The number of thiazole rings is 1. The Morgan fingerprint density at radius 3 is 3.00 bits per heavy atom. The van der Waals surface area contributed by atoms with Crippen molar-refractivity contribution in [2.45, 2.75) is 6.92 Å². The molecule has 2 heterocycles. The second-order valence-corrected chi connectivity index (χ2v) is 3.87. The SMILES string of the molecule is C/C=C\c1cnc(-c2cccnc2)s1. The number of pyridine rings is 1. The van der Waals surface area contributed by atoms with Crippen LogP contribution >= 0.6 is 11.3 Å². The van der Waals surface area contributed by atoms with E-state index in [2.05, 4.69) is 16.0 Å². The lowest BCUT2D eigenvalue weighted by molar-refractivity contribution is 1.31. The first-order chi connectivity index (χ1) is 6.90. The fourth-order valence-corrected chi connectivity index (χ4v) is 2.03. The van der Waals surface area contributed by atoms with Gasteiger partial charge in [0.25, 0.3) is 0 Å². The second kappa shape index (κ2) is 4.15. The average molecular weight is 202 g/mol. The van der Waals surface area contributed by atoms with E-state index in [1.54, 1.807) is 17.5 Å². The van der Waals surface area contributed by atoms with Crippen molar-refractivity contribution in [1.29, 1.82) is 0 Å². The van der Waals surface area contributed by atoms with Gasteiger partial charge >= 0.3 is 0 Å². The lowest BCUT2D eigenvalue weighted by atomic mass is 10.3. The van der Waals surface area contributed by atoms with Crippen LogP contribution in [0.3, 0.4) is 0 Å². The van der Waals surface area contributed by atoms with Crippen molar-refractivity contribution in [1.82, 2.24) is 9.97 Å². The molecule has 0 aliphatic heterocycles. The van der Waals surface area contributed by atoms with Crippen molar-refractivity contribution in [3.05, 3.63) is 41.7 Å². The van der Waals surface area contributed by atoms with Gasteiger partial charge in [-0.1, -0.05) is 6.08 Å². The third-order valence-corrected chi connectivity index (χ3v) is 2.77. The first-order valence-electron chi connectivity index (χ1n) is 4.39. The molecule has 2 aromatic rings. The van der Waals surface area contributed by atoms with E-state index in [1.165, 1.54) is 4.88 Å². The van der Waals surface area contributed by atoms with Crippen molar-refractivity contribution < 1.29 is 0 Å². The zero-order valence-corrected chi connectivity index (χ0v) is 8.66. The molecule has 14 heavy (non-hydrogen) atoms. The fourth-order valence-electron chi connectivity index (χ4n) is 1.15. The molecule has 0 aliphatic carbocycles. The number of rotatable bonds is 2. The molecule has 2 aromatic heterocycles. The lowest BCUT2D eigenvalue weighted by Crippen LogP contribution is -1.75. The molecule has 0 bridgehead atoms. The molecular weight excluding hydrogens is 192 g/mol. The molecule has 0 atom stereocenters. The van der Waals surface area contributed by atoms with Crippen LogP contribution in [0, 0.1) is 0 Å². The maximum absolute atomic E-state index is 4.33. The number of allylic oxidation sites excluding steroid dienone is 1.